The van der Waals surface area contributed by atoms with E-state index < -0.39 is 32.3 Å². The third-order valence-corrected chi connectivity index (χ3v) is 6.42. The van der Waals surface area contributed by atoms with E-state index in [1.807, 2.05) is 19.1 Å². The molecule has 32 heavy (non-hydrogen) atoms. The smallest absolute Gasteiger partial charge is 0.433 e. The van der Waals surface area contributed by atoms with Crippen molar-refractivity contribution in [2.45, 2.75) is 59.9 Å². The molecule has 0 aromatic rings. The van der Waals surface area contributed by atoms with Gasteiger partial charge in [-0.15, -0.1) is 0 Å². The van der Waals surface area contributed by atoms with Gasteiger partial charge >= 0.3 is 13.7 Å². The van der Waals surface area contributed by atoms with Gasteiger partial charge in [-0.1, -0.05) is 55.4 Å². The Morgan fingerprint density at radius 1 is 1.19 bits per heavy atom. The number of rotatable bonds is 9. The molecule has 0 saturated heterocycles. The highest BCUT2D eigenvalue weighted by Crippen LogP contribution is 2.42. The second kappa shape index (κ2) is 11.6. The second-order valence-electron chi connectivity index (χ2n) is 8.66. The zero-order valence-corrected chi connectivity index (χ0v) is 20.2. The molecule has 1 amide bonds. The van der Waals surface area contributed by atoms with Crippen LogP contribution in [0.4, 0.5) is 0 Å². The van der Waals surface area contributed by atoms with Crippen LogP contribution in [0.25, 0.3) is 0 Å². The number of hydrogen-bond donors (Lipinski definition) is 4. The summed E-state index contributed by atoms with van der Waals surface area (Å²) >= 11 is 0. The van der Waals surface area contributed by atoms with Crippen molar-refractivity contribution in [2.24, 2.45) is 5.41 Å². The van der Waals surface area contributed by atoms with Gasteiger partial charge in [0, 0.05) is 6.08 Å². The number of aliphatic hydroxyl groups is 1. The van der Waals surface area contributed by atoms with Crippen LogP contribution >= 0.6 is 7.75 Å². The molecule has 0 unspecified atom stereocenters. The fourth-order valence-corrected chi connectivity index (χ4v) is 4.51. The van der Waals surface area contributed by atoms with Crippen molar-refractivity contribution in [3.05, 3.63) is 58.7 Å². The SMILES string of the molecule is CC1=C(/C=C/C(C)=C\C=C\C(C)=C\C(=O)N([C@@H](CO)C(=O)O)P(=O)(O)O)C(C)(C)CCC1. The number of aliphatic carboxylic acids is 1. The Hall–Kier alpha value is -2.25. The molecule has 1 aliphatic rings. The van der Waals surface area contributed by atoms with Gasteiger partial charge in [0.05, 0.1) is 6.61 Å². The van der Waals surface area contributed by atoms with Crippen molar-refractivity contribution >= 4 is 19.6 Å². The van der Waals surface area contributed by atoms with Gasteiger partial charge < -0.3 is 20.0 Å². The van der Waals surface area contributed by atoms with Crippen LogP contribution in [0.3, 0.4) is 0 Å². The zero-order valence-electron chi connectivity index (χ0n) is 19.3. The topological polar surface area (TPSA) is 135 Å². The van der Waals surface area contributed by atoms with Gasteiger partial charge in [0.25, 0.3) is 5.91 Å². The number of hydrogen-bond acceptors (Lipinski definition) is 4. The Morgan fingerprint density at radius 2 is 1.81 bits per heavy atom. The molecule has 0 aromatic heterocycles. The van der Waals surface area contributed by atoms with Crippen molar-refractivity contribution in [1.82, 2.24) is 4.67 Å². The van der Waals surface area contributed by atoms with E-state index in [-0.39, 0.29) is 10.1 Å². The molecule has 0 fully saturated rings. The number of allylic oxidation sites excluding steroid dienone is 9. The first-order valence-corrected chi connectivity index (χ1v) is 11.9. The predicted octanol–water partition coefficient (Wildman–Crippen LogP) is 3.88. The van der Waals surface area contributed by atoms with Gasteiger partial charge in [-0.3, -0.25) is 4.79 Å². The number of aliphatic hydroxyl groups excluding tert-OH is 1. The summed E-state index contributed by atoms with van der Waals surface area (Å²) in [5, 5.41) is 18.2. The molecule has 1 aliphatic carbocycles. The molecule has 0 saturated carbocycles. The Balaban J connectivity index is 2.98. The Labute approximate surface area is 189 Å². The lowest BCUT2D eigenvalue weighted by molar-refractivity contribution is -0.147. The molecule has 9 heteroatoms. The van der Waals surface area contributed by atoms with Crippen LogP contribution in [-0.2, 0) is 14.2 Å². The van der Waals surface area contributed by atoms with Crippen molar-refractivity contribution in [1.29, 1.82) is 0 Å². The third kappa shape index (κ3) is 8.02. The van der Waals surface area contributed by atoms with E-state index >= 15 is 0 Å². The van der Waals surface area contributed by atoms with Gasteiger partial charge in [-0.25, -0.2) is 14.0 Å². The molecule has 178 valence electrons. The summed E-state index contributed by atoms with van der Waals surface area (Å²) in [6.07, 6.45) is 13.6. The summed E-state index contributed by atoms with van der Waals surface area (Å²) in [7, 11) is -5.25. The number of carboxylic acids is 1. The van der Waals surface area contributed by atoms with Gasteiger partial charge in [0.15, 0.2) is 6.04 Å². The van der Waals surface area contributed by atoms with E-state index in [0.29, 0.717) is 5.57 Å². The predicted molar refractivity (Wildman–Crippen MR) is 124 cm³/mol. The van der Waals surface area contributed by atoms with E-state index in [0.717, 1.165) is 24.5 Å². The van der Waals surface area contributed by atoms with Crippen molar-refractivity contribution < 1.29 is 34.2 Å². The molecule has 4 N–H and O–H groups in total. The summed E-state index contributed by atoms with van der Waals surface area (Å²) in [6.45, 7) is 9.00. The fraction of sp³-hybridized carbons (Fsp3) is 0.478. The molecule has 0 aliphatic heterocycles. The molecule has 8 nitrogen and oxygen atoms in total. The lowest BCUT2D eigenvalue weighted by Crippen LogP contribution is -2.44. The quantitative estimate of drug-likeness (QED) is 0.229. The van der Waals surface area contributed by atoms with Crippen LogP contribution in [0, 0.1) is 5.41 Å². The summed E-state index contributed by atoms with van der Waals surface area (Å²) in [5.74, 6) is -2.92. The average Bonchev–Trinajstić information content (AvgIpc) is 2.63. The minimum absolute atomic E-state index is 0.127. The second-order valence-corrected chi connectivity index (χ2v) is 10.1. The van der Waals surface area contributed by atoms with Crippen LogP contribution in [0.2, 0.25) is 0 Å². The number of carbonyl (C=O) groups excluding carboxylic acids is 1. The minimum Gasteiger partial charge on any atom is -0.480 e. The summed E-state index contributed by atoms with van der Waals surface area (Å²) in [6, 6.07) is -2.05. The highest BCUT2D eigenvalue weighted by molar-refractivity contribution is 7.50. The molecule has 0 heterocycles. The Morgan fingerprint density at radius 3 is 2.31 bits per heavy atom. The lowest BCUT2D eigenvalue weighted by atomic mass is 9.72. The number of carbonyl (C=O) groups is 2. The molecule has 1 atom stereocenters. The van der Waals surface area contributed by atoms with Gasteiger partial charge in [0.1, 0.15) is 0 Å². The number of amides is 1. The third-order valence-electron chi connectivity index (χ3n) is 5.38. The molecule has 1 rings (SSSR count). The van der Waals surface area contributed by atoms with Crippen LogP contribution in [0.1, 0.15) is 53.9 Å². The molecule has 0 spiro atoms. The van der Waals surface area contributed by atoms with E-state index in [1.165, 1.54) is 17.6 Å². The number of carboxylic acid groups (broad SMARTS) is 1. The van der Waals surface area contributed by atoms with Crippen LogP contribution in [0.15, 0.2) is 58.7 Å². The van der Waals surface area contributed by atoms with Crippen molar-refractivity contribution in [3.8, 4) is 0 Å². The van der Waals surface area contributed by atoms with E-state index in [4.69, 9.17) is 10.2 Å². The zero-order chi connectivity index (χ0) is 24.7. The standard InChI is InChI=1S/C23H34NO7P/c1-16(11-12-19-18(3)10-7-13-23(19,4)5)8-6-9-17(2)14-21(26)24(32(29,30)31)20(15-25)22(27)28/h6,8-9,11-12,14,20,25H,7,10,13,15H2,1-5H3,(H,27,28)(H2,29,30,31)/b9-6+,12-11+,16-8-,17-14+/t20-/m0/s1. The van der Waals surface area contributed by atoms with Crippen molar-refractivity contribution in [3.63, 3.8) is 0 Å². The minimum atomic E-state index is -5.25. The molecular formula is C23H34NO7P. The van der Waals surface area contributed by atoms with Crippen LogP contribution in [0.5, 0.6) is 0 Å². The maximum absolute atomic E-state index is 12.3. The van der Waals surface area contributed by atoms with Gasteiger partial charge in [-0.2, -0.15) is 0 Å². The van der Waals surface area contributed by atoms with Gasteiger partial charge in [-0.05, 0) is 56.6 Å². The largest absolute Gasteiger partial charge is 0.480 e. The first-order chi connectivity index (χ1) is 14.7. The molecule has 0 aromatic carbocycles. The molecule has 0 radical (unpaired) electrons. The van der Waals surface area contributed by atoms with Crippen LogP contribution in [-0.4, -0.2) is 49.2 Å². The van der Waals surface area contributed by atoms with E-state index in [1.54, 1.807) is 19.1 Å². The fourth-order valence-electron chi connectivity index (χ4n) is 3.66. The van der Waals surface area contributed by atoms with Gasteiger partial charge in [0.2, 0.25) is 0 Å². The lowest BCUT2D eigenvalue weighted by Gasteiger charge is -2.32. The maximum atomic E-state index is 12.3. The average molecular weight is 467 g/mol. The summed E-state index contributed by atoms with van der Waals surface area (Å²) < 4.78 is 11.5. The normalized spacial score (nSPS) is 19.0. The summed E-state index contributed by atoms with van der Waals surface area (Å²) in [5.41, 5.74) is 4.22. The Bertz CT molecular complexity index is 919. The Kier molecular flexibility index (Phi) is 10.0. The monoisotopic (exact) mass is 467 g/mol. The van der Waals surface area contributed by atoms with Crippen molar-refractivity contribution in [2.75, 3.05) is 6.61 Å². The first kappa shape index (κ1) is 27.8. The first-order valence-electron chi connectivity index (χ1n) is 10.3. The van der Waals surface area contributed by atoms with E-state index in [2.05, 4.69) is 26.8 Å². The van der Waals surface area contributed by atoms with E-state index in [9.17, 15) is 23.9 Å². The highest BCUT2D eigenvalue weighted by atomic mass is 31.2. The molecule has 0 bridgehead atoms. The summed E-state index contributed by atoms with van der Waals surface area (Å²) in [4.78, 5) is 42.1. The number of nitrogens with zero attached hydrogens (tertiary/aromatic N) is 1. The highest BCUT2D eigenvalue weighted by Gasteiger charge is 2.40. The maximum Gasteiger partial charge on any atom is 0.433 e. The molecular weight excluding hydrogens is 433 g/mol. The van der Waals surface area contributed by atoms with Crippen LogP contribution < -0.4 is 0 Å².